The van der Waals surface area contributed by atoms with Crippen molar-refractivity contribution in [3.63, 3.8) is 0 Å². The third-order valence-corrected chi connectivity index (χ3v) is 9.39. The summed E-state index contributed by atoms with van der Waals surface area (Å²) < 4.78 is 38.4. The standard InChI is InChI=1S/C35H44N6O5S/c1-24-18-28(24)23-41(22-26-16-12-9-13-17-26)30-20-27(19-29(36-30)40(6)47(7,43)44)31-38-39-32(45-31)35(5,21-25-14-10-8-11-15-25)37-33(42)46-34(2,3)4/h8-17,19-20,24,28H,18,21-23H2,1-7H3,(H,37,42). The first kappa shape index (κ1) is 33.9. The molecule has 47 heavy (non-hydrogen) atoms. The smallest absolute Gasteiger partial charge is 0.408 e. The van der Waals surface area contributed by atoms with Gasteiger partial charge in [0.2, 0.25) is 21.8 Å². The molecule has 0 aliphatic heterocycles. The number of nitrogens with one attached hydrogen (secondary N) is 1. The van der Waals surface area contributed by atoms with Crippen LogP contribution in [0.5, 0.6) is 0 Å². The fourth-order valence-corrected chi connectivity index (χ4v) is 5.80. The second-order valence-corrected chi connectivity index (χ2v) is 15.7. The number of pyridine rings is 1. The molecule has 2 heterocycles. The molecule has 1 N–H and O–H groups in total. The van der Waals surface area contributed by atoms with E-state index in [-0.39, 0.29) is 17.6 Å². The topological polar surface area (TPSA) is 131 Å². The van der Waals surface area contributed by atoms with Crippen molar-refractivity contribution in [2.75, 3.05) is 29.1 Å². The zero-order valence-electron chi connectivity index (χ0n) is 28.1. The van der Waals surface area contributed by atoms with Crippen molar-refractivity contribution < 1.29 is 22.4 Å². The Kier molecular flexibility index (Phi) is 9.63. The zero-order valence-corrected chi connectivity index (χ0v) is 28.9. The van der Waals surface area contributed by atoms with Crippen LogP contribution in [0.1, 0.15) is 58.1 Å². The van der Waals surface area contributed by atoms with Gasteiger partial charge < -0.3 is 19.4 Å². The molecule has 3 unspecified atom stereocenters. The summed E-state index contributed by atoms with van der Waals surface area (Å²) in [4.78, 5) is 20.0. The van der Waals surface area contributed by atoms with Crippen molar-refractivity contribution in [3.05, 3.63) is 89.8 Å². The number of carbonyl (C=O) groups excluding carboxylic acids is 1. The van der Waals surface area contributed by atoms with Crippen LogP contribution in [0.2, 0.25) is 0 Å². The zero-order chi connectivity index (χ0) is 34.0. The number of anilines is 2. The summed E-state index contributed by atoms with van der Waals surface area (Å²) in [5, 5.41) is 11.7. The third kappa shape index (κ3) is 8.88. The van der Waals surface area contributed by atoms with E-state index in [1.807, 2.05) is 54.6 Å². The fourth-order valence-electron chi connectivity index (χ4n) is 5.37. The van der Waals surface area contributed by atoms with E-state index in [0.29, 0.717) is 36.2 Å². The summed E-state index contributed by atoms with van der Waals surface area (Å²) in [6.07, 6.45) is 1.99. The highest BCUT2D eigenvalue weighted by molar-refractivity contribution is 7.92. The van der Waals surface area contributed by atoms with Gasteiger partial charge in [0, 0.05) is 32.1 Å². The van der Waals surface area contributed by atoms with Crippen LogP contribution in [0.3, 0.4) is 0 Å². The molecule has 3 atom stereocenters. The van der Waals surface area contributed by atoms with Gasteiger partial charge in [-0.2, -0.15) is 0 Å². The number of rotatable bonds is 12. The Hall–Kier alpha value is -4.45. The number of amides is 1. The van der Waals surface area contributed by atoms with Crippen molar-refractivity contribution in [3.8, 4) is 11.5 Å². The number of aromatic nitrogens is 3. The first-order chi connectivity index (χ1) is 22.1. The van der Waals surface area contributed by atoms with Crippen LogP contribution >= 0.6 is 0 Å². The number of nitrogens with zero attached hydrogens (tertiary/aromatic N) is 5. The Morgan fingerprint density at radius 2 is 1.57 bits per heavy atom. The molecule has 2 aromatic heterocycles. The van der Waals surface area contributed by atoms with E-state index < -0.39 is 27.3 Å². The summed E-state index contributed by atoms with van der Waals surface area (Å²) in [6, 6.07) is 23.2. The Morgan fingerprint density at radius 3 is 2.15 bits per heavy atom. The van der Waals surface area contributed by atoms with Gasteiger partial charge in [-0.05, 0) is 69.2 Å². The molecule has 4 aromatic rings. The Balaban J connectivity index is 1.56. The lowest BCUT2D eigenvalue weighted by molar-refractivity contribution is 0.0443. The molecule has 1 fully saturated rings. The molecule has 0 radical (unpaired) electrons. The van der Waals surface area contributed by atoms with E-state index in [4.69, 9.17) is 14.1 Å². The maximum absolute atomic E-state index is 13.0. The number of hydrogen-bond donors (Lipinski definition) is 1. The fraction of sp³-hybridized carbons (Fsp3) is 0.429. The molecular weight excluding hydrogens is 616 g/mol. The highest BCUT2D eigenvalue weighted by Crippen LogP contribution is 2.40. The molecular formula is C35H44N6O5S. The molecule has 0 spiro atoms. The lowest BCUT2D eigenvalue weighted by atomic mass is 9.92. The summed E-state index contributed by atoms with van der Waals surface area (Å²) in [7, 11) is -2.16. The lowest BCUT2D eigenvalue weighted by Gasteiger charge is -2.29. The average molecular weight is 661 g/mol. The van der Waals surface area contributed by atoms with Gasteiger partial charge in [-0.3, -0.25) is 4.31 Å². The van der Waals surface area contributed by atoms with E-state index in [0.717, 1.165) is 34.7 Å². The molecule has 1 aliphatic rings. The molecule has 0 bridgehead atoms. The minimum absolute atomic E-state index is 0.163. The first-order valence-electron chi connectivity index (χ1n) is 15.7. The normalized spacial score (nSPS) is 17.4. The van der Waals surface area contributed by atoms with E-state index >= 15 is 0 Å². The van der Waals surface area contributed by atoms with Crippen LogP contribution in [-0.2, 0) is 33.3 Å². The predicted molar refractivity (Wildman–Crippen MR) is 182 cm³/mol. The van der Waals surface area contributed by atoms with Gasteiger partial charge in [0.1, 0.15) is 22.8 Å². The minimum Gasteiger partial charge on any atom is -0.444 e. The van der Waals surface area contributed by atoms with E-state index in [1.54, 1.807) is 33.8 Å². The molecule has 1 aliphatic carbocycles. The first-order valence-corrected chi connectivity index (χ1v) is 17.6. The summed E-state index contributed by atoms with van der Waals surface area (Å²) in [6.45, 7) is 10.8. The van der Waals surface area contributed by atoms with Gasteiger partial charge in [0.05, 0.1) is 6.26 Å². The third-order valence-electron chi connectivity index (χ3n) is 8.21. The molecule has 11 nitrogen and oxygen atoms in total. The van der Waals surface area contributed by atoms with Gasteiger partial charge in [-0.15, -0.1) is 10.2 Å². The number of hydrogen-bond acceptors (Lipinski definition) is 9. The van der Waals surface area contributed by atoms with Crippen LogP contribution in [0, 0.1) is 11.8 Å². The molecule has 0 saturated heterocycles. The molecule has 2 aromatic carbocycles. The molecule has 1 saturated carbocycles. The van der Waals surface area contributed by atoms with Crippen LogP contribution in [-0.4, -0.2) is 55.1 Å². The van der Waals surface area contributed by atoms with Crippen molar-refractivity contribution in [2.24, 2.45) is 11.8 Å². The van der Waals surface area contributed by atoms with Crippen LogP contribution in [0.15, 0.2) is 77.2 Å². The average Bonchev–Trinajstić information content (AvgIpc) is 3.45. The lowest BCUT2D eigenvalue weighted by Crippen LogP contribution is -2.47. The molecule has 250 valence electrons. The van der Waals surface area contributed by atoms with Gasteiger partial charge in [-0.25, -0.2) is 18.2 Å². The van der Waals surface area contributed by atoms with Crippen molar-refractivity contribution in [2.45, 2.75) is 65.1 Å². The second-order valence-electron chi connectivity index (χ2n) is 13.7. The summed E-state index contributed by atoms with van der Waals surface area (Å²) in [5.41, 5.74) is 0.715. The van der Waals surface area contributed by atoms with Crippen LogP contribution < -0.4 is 14.5 Å². The highest BCUT2D eigenvalue weighted by atomic mass is 32.2. The van der Waals surface area contributed by atoms with Crippen molar-refractivity contribution >= 4 is 27.8 Å². The van der Waals surface area contributed by atoms with E-state index in [1.165, 1.54) is 7.05 Å². The largest absolute Gasteiger partial charge is 0.444 e. The van der Waals surface area contributed by atoms with Gasteiger partial charge in [0.15, 0.2) is 0 Å². The van der Waals surface area contributed by atoms with Crippen molar-refractivity contribution in [1.82, 2.24) is 20.5 Å². The van der Waals surface area contributed by atoms with Crippen LogP contribution in [0.4, 0.5) is 16.4 Å². The monoisotopic (exact) mass is 660 g/mol. The van der Waals surface area contributed by atoms with E-state index in [9.17, 15) is 13.2 Å². The SMILES string of the molecule is CC1CC1CN(Cc1ccccc1)c1cc(-c2nnc(C(C)(Cc3ccccc3)NC(=O)OC(C)(C)C)o2)cc(N(C)S(C)(=O)=O)n1. The van der Waals surface area contributed by atoms with E-state index in [2.05, 4.69) is 39.5 Å². The molecule has 1 amide bonds. The summed E-state index contributed by atoms with van der Waals surface area (Å²) in [5.74, 6) is 2.26. The predicted octanol–water partition coefficient (Wildman–Crippen LogP) is 6.17. The minimum atomic E-state index is -3.63. The van der Waals surface area contributed by atoms with Gasteiger partial charge >= 0.3 is 6.09 Å². The molecule has 5 rings (SSSR count). The maximum Gasteiger partial charge on any atom is 0.408 e. The molecule has 12 heteroatoms. The number of benzene rings is 2. The number of sulfonamides is 1. The van der Waals surface area contributed by atoms with Crippen molar-refractivity contribution in [1.29, 1.82) is 0 Å². The number of carbonyl (C=O) groups is 1. The number of alkyl carbamates (subject to hydrolysis) is 1. The van der Waals surface area contributed by atoms with Gasteiger partial charge in [0.25, 0.3) is 0 Å². The summed E-state index contributed by atoms with van der Waals surface area (Å²) >= 11 is 0. The Bertz CT molecular complexity index is 1790. The second kappa shape index (κ2) is 13.3. The Labute approximate surface area is 277 Å². The van der Waals surface area contributed by atoms with Crippen LogP contribution in [0.25, 0.3) is 11.5 Å². The maximum atomic E-state index is 13.0. The Morgan fingerprint density at radius 1 is 0.979 bits per heavy atom. The number of ether oxygens (including phenoxy) is 1. The highest BCUT2D eigenvalue weighted by Gasteiger charge is 2.37. The van der Waals surface area contributed by atoms with Gasteiger partial charge in [-0.1, -0.05) is 67.6 Å². The quantitative estimate of drug-likeness (QED) is 0.190.